The summed E-state index contributed by atoms with van der Waals surface area (Å²) < 4.78 is 1.67. The van der Waals surface area contributed by atoms with Gasteiger partial charge in [-0.25, -0.2) is 4.68 Å². The van der Waals surface area contributed by atoms with Crippen LogP contribution in [0.25, 0.3) is 11.3 Å². The van der Waals surface area contributed by atoms with Gasteiger partial charge in [0.1, 0.15) is 0 Å². The number of thiazole rings is 1. The number of phenolic OH excluding ortho intramolecular Hbond substituents is 3. The molecule has 0 saturated heterocycles. The van der Waals surface area contributed by atoms with Crippen molar-refractivity contribution in [3.63, 3.8) is 0 Å². The lowest BCUT2D eigenvalue weighted by molar-refractivity contribution is 0.367. The first-order valence-corrected chi connectivity index (χ1v) is 8.38. The van der Waals surface area contributed by atoms with Crippen LogP contribution >= 0.6 is 11.3 Å². The number of aryl methyl sites for hydroxylation is 1. The van der Waals surface area contributed by atoms with E-state index >= 15 is 0 Å². The third kappa shape index (κ3) is 3.27. The zero-order valence-corrected chi connectivity index (χ0v) is 14.5. The molecule has 1 aromatic heterocycles. The van der Waals surface area contributed by atoms with Crippen LogP contribution in [0.4, 0.5) is 0 Å². The van der Waals surface area contributed by atoms with Crippen LogP contribution in [0, 0.1) is 6.92 Å². The second kappa shape index (κ2) is 6.82. The van der Waals surface area contributed by atoms with Crippen molar-refractivity contribution >= 4 is 17.6 Å². The molecule has 0 amide bonds. The molecule has 0 aliphatic heterocycles. The minimum absolute atomic E-state index is 0.283. The van der Waals surface area contributed by atoms with Gasteiger partial charge in [-0.15, -0.1) is 11.3 Å². The molecule has 0 unspecified atom stereocenters. The van der Waals surface area contributed by atoms with E-state index < -0.39 is 11.5 Å². The first-order valence-electron chi connectivity index (χ1n) is 7.50. The molecule has 0 atom stereocenters. The van der Waals surface area contributed by atoms with Gasteiger partial charge < -0.3 is 15.3 Å². The van der Waals surface area contributed by atoms with Crippen LogP contribution in [-0.2, 0) is 0 Å². The maximum atomic E-state index is 9.92. The number of aromatic hydroxyl groups is 3. The molecule has 0 bridgehead atoms. The lowest BCUT2D eigenvalue weighted by Crippen LogP contribution is -2.11. The first-order chi connectivity index (χ1) is 12.0. The molecule has 0 saturated carbocycles. The summed E-state index contributed by atoms with van der Waals surface area (Å²) in [5.41, 5.74) is 3.31. The summed E-state index contributed by atoms with van der Waals surface area (Å²) in [6.07, 6.45) is 1.41. The van der Waals surface area contributed by atoms with Gasteiger partial charge >= 0.3 is 0 Å². The lowest BCUT2D eigenvalue weighted by Gasteiger charge is -2.05. The lowest BCUT2D eigenvalue weighted by atomic mass is 10.1. The molecule has 2 aromatic carbocycles. The first kappa shape index (κ1) is 16.8. The fourth-order valence-corrected chi connectivity index (χ4v) is 3.10. The van der Waals surface area contributed by atoms with E-state index in [0.717, 1.165) is 11.3 Å². The Kier molecular flexibility index (Phi) is 4.58. The minimum Gasteiger partial charge on any atom is -0.504 e. The standard InChI is InChI=1S/C18H17N3O3S/c1-11-3-5-12(6-4-11)14-10-25-18(19-2)21(14)20-9-13-7-8-15(22)17(24)16(13)23/h3-10,22-24H,1-2H3. The maximum Gasteiger partial charge on any atom is 0.205 e. The van der Waals surface area contributed by atoms with E-state index in [9.17, 15) is 15.3 Å². The Balaban J connectivity index is 2.07. The highest BCUT2D eigenvalue weighted by atomic mass is 32.1. The highest BCUT2D eigenvalue weighted by Crippen LogP contribution is 2.36. The molecule has 3 rings (SSSR count). The van der Waals surface area contributed by atoms with Crippen molar-refractivity contribution in [2.24, 2.45) is 10.1 Å². The van der Waals surface area contributed by atoms with E-state index in [1.165, 1.54) is 35.2 Å². The summed E-state index contributed by atoms with van der Waals surface area (Å²) in [5.74, 6) is -1.38. The highest BCUT2D eigenvalue weighted by molar-refractivity contribution is 7.07. The fraction of sp³-hybridized carbons (Fsp3) is 0.111. The Hall–Kier alpha value is -3.06. The van der Waals surface area contributed by atoms with E-state index in [4.69, 9.17) is 0 Å². The van der Waals surface area contributed by atoms with E-state index in [-0.39, 0.29) is 11.3 Å². The topological polar surface area (TPSA) is 90.3 Å². The fourth-order valence-electron chi connectivity index (χ4n) is 2.29. The van der Waals surface area contributed by atoms with Crippen molar-refractivity contribution in [3.8, 4) is 28.5 Å². The predicted octanol–water partition coefficient (Wildman–Crippen LogP) is 3.05. The Morgan fingerprint density at radius 1 is 1.00 bits per heavy atom. The normalized spacial score (nSPS) is 12.2. The largest absolute Gasteiger partial charge is 0.504 e. The Labute approximate surface area is 148 Å². The molecule has 7 heteroatoms. The molecular formula is C18H17N3O3S. The van der Waals surface area contributed by atoms with Crippen LogP contribution < -0.4 is 4.80 Å². The number of aromatic nitrogens is 1. The van der Waals surface area contributed by atoms with Crippen molar-refractivity contribution in [1.82, 2.24) is 4.68 Å². The maximum absolute atomic E-state index is 9.92. The van der Waals surface area contributed by atoms with Crippen LogP contribution in [-0.4, -0.2) is 33.3 Å². The molecule has 0 radical (unpaired) electrons. The van der Waals surface area contributed by atoms with Crippen molar-refractivity contribution in [2.75, 3.05) is 7.05 Å². The molecule has 6 nitrogen and oxygen atoms in total. The smallest absolute Gasteiger partial charge is 0.205 e. The van der Waals surface area contributed by atoms with E-state index in [0.29, 0.717) is 4.80 Å². The SMILES string of the molecule is CN=c1scc(-c2ccc(C)cc2)n1N=Cc1ccc(O)c(O)c1O. The van der Waals surface area contributed by atoms with Gasteiger partial charge in [0.25, 0.3) is 0 Å². The van der Waals surface area contributed by atoms with Gasteiger partial charge in [0.2, 0.25) is 10.6 Å². The van der Waals surface area contributed by atoms with Gasteiger partial charge in [-0.05, 0) is 19.1 Å². The molecule has 1 heterocycles. The third-order valence-corrected chi connectivity index (χ3v) is 4.60. The average molecular weight is 355 g/mol. The Morgan fingerprint density at radius 2 is 1.72 bits per heavy atom. The number of benzene rings is 2. The van der Waals surface area contributed by atoms with Gasteiger partial charge in [-0.3, -0.25) is 4.99 Å². The second-order valence-corrected chi connectivity index (χ2v) is 6.26. The van der Waals surface area contributed by atoms with Crippen LogP contribution in [0.15, 0.2) is 51.9 Å². The number of rotatable bonds is 3. The molecular weight excluding hydrogens is 338 g/mol. The molecule has 128 valence electrons. The summed E-state index contributed by atoms with van der Waals surface area (Å²) >= 11 is 1.45. The molecule has 3 aromatic rings. The number of hydrogen-bond donors (Lipinski definition) is 3. The molecule has 0 aliphatic carbocycles. The third-order valence-electron chi connectivity index (χ3n) is 3.70. The van der Waals surface area contributed by atoms with Gasteiger partial charge in [-0.2, -0.15) is 5.10 Å². The van der Waals surface area contributed by atoms with E-state index in [2.05, 4.69) is 10.1 Å². The van der Waals surface area contributed by atoms with Crippen molar-refractivity contribution in [1.29, 1.82) is 0 Å². The highest BCUT2D eigenvalue weighted by Gasteiger charge is 2.10. The Bertz CT molecular complexity index is 1000. The molecule has 3 N–H and O–H groups in total. The molecule has 25 heavy (non-hydrogen) atoms. The summed E-state index contributed by atoms with van der Waals surface area (Å²) in [4.78, 5) is 4.91. The summed E-state index contributed by atoms with van der Waals surface area (Å²) in [7, 11) is 1.68. The van der Waals surface area contributed by atoms with E-state index in [1.54, 1.807) is 11.7 Å². The zero-order valence-electron chi connectivity index (χ0n) is 13.7. The van der Waals surface area contributed by atoms with Gasteiger partial charge in [0.15, 0.2) is 11.5 Å². The molecule has 0 spiro atoms. The number of nitrogens with zero attached hydrogens (tertiary/aromatic N) is 3. The van der Waals surface area contributed by atoms with E-state index in [1.807, 2.05) is 36.6 Å². The van der Waals surface area contributed by atoms with Crippen LogP contribution in [0.1, 0.15) is 11.1 Å². The second-order valence-electron chi connectivity index (χ2n) is 5.42. The summed E-state index contributed by atoms with van der Waals surface area (Å²) in [5, 5.41) is 35.3. The van der Waals surface area contributed by atoms with Gasteiger partial charge in [0.05, 0.1) is 11.9 Å². The summed E-state index contributed by atoms with van der Waals surface area (Å²) in [6, 6.07) is 10.8. The number of hydrogen-bond acceptors (Lipinski definition) is 6. The monoisotopic (exact) mass is 355 g/mol. The summed E-state index contributed by atoms with van der Waals surface area (Å²) in [6.45, 7) is 2.02. The van der Waals surface area contributed by atoms with Gasteiger partial charge in [0, 0.05) is 23.6 Å². The number of phenols is 3. The van der Waals surface area contributed by atoms with Crippen molar-refractivity contribution in [2.45, 2.75) is 6.92 Å². The average Bonchev–Trinajstić information content (AvgIpc) is 3.02. The predicted molar refractivity (Wildman–Crippen MR) is 98.4 cm³/mol. The molecule has 0 fully saturated rings. The van der Waals surface area contributed by atoms with Crippen LogP contribution in [0.3, 0.4) is 0 Å². The van der Waals surface area contributed by atoms with Crippen molar-refractivity contribution < 1.29 is 15.3 Å². The molecule has 0 aliphatic rings. The van der Waals surface area contributed by atoms with Crippen LogP contribution in [0.2, 0.25) is 0 Å². The van der Waals surface area contributed by atoms with Gasteiger partial charge in [-0.1, -0.05) is 29.8 Å². The zero-order chi connectivity index (χ0) is 18.0. The van der Waals surface area contributed by atoms with Crippen molar-refractivity contribution in [3.05, 3.63) is 57.7 Å². The van der Waals surface area contributed by atoms with Crippen LogP contribution in [0.5, 0.6) is 17.2 Å². The minimum atomic E-state index is -0.571. The quantitative estimate of drug-likeness (QED) is 0.498. The Morgan fingerprint density at radius 3 is 2.40 bits per heavy atom.